The fourth-order valence-corrected chi connectivity index (χ4v) is 1.21. The van der Waals surface area contributed by atoms with E-state index in [1.807, 2.05) is 6.92 Å². The molecule has 0 radical (unpaired) electrons. The minimum Gasteiger partial charge on any atom is -0.480 e. The summed E-state index contributed by atoms with van der Waals surface area (Å²) in [6.07, 6.45) is 3.60. The topological polar surface area (TPSA) is 57.6 Å². The fraction of sp³-hybridized carbons (Fsp3) is 0.500. The van der Waals surface area contributed by atoms with Crippen LogP contribution in [-0.2, 0) is 9.59 Å². The maximum absolute atomic E-state index is 11.1. The van der Waals surface area contributed by atoms with Crippen molar-refractivity contribution in [3.05, 3.63) is 12.2 Å². The average molecular weight is 169 g/mol. The lowest BCUT2D eigenvalue weighted by molar-refractivity contribution is -0.153. The molecule has 4 heteroatoms. The highest BCUT2D eigenvalue weighted by molar-refractivity contribution is 5.89. The first-order valence-corrected chi connectivity index (χ1v) is 3.78. The van der Waals surface area contributed by atoms with E-state index < -0.39 is 5.97 Å². The summed E-state index contributed by atoms with van der Waals surface area (Å²) >= 11 is 0. The lowest BCUT2D eigenvalue weighted by atomic mass is 9.98. The first kappa shape index (κ1) is 8.77. The summed E-state index contributed by atoms with van der Waals surface area (Å²) in [5.41, 5.74) is 0. The Morgan fingerprint density at radius 2 is 2.50 bits per heavy atom. The molecule has 4 nitrogen and oxygen atoms in total. The number of allylic oxidation sites excluding steroid dienone is 1. The number of carboxylic acid groups (broad SMARTS) is 1. The summed E-state index contributed by atoms with van der Waals surface area (Å²) in [5, 5.41) is 8.37. The molecular weight excluding hydrogens is 158 g/mol. The molecule has 1 unspecified atom stereocenters. The van der Waals surface area contributed by atoms with E-state index in [-0.39, 0.29) is 18.4 Å². The van der Waals surface area contributed by atoms with Gasteiger partial charge in [-0.2, -0.15) is 0 Å². The molecule has 0 aromatic heterocycles. The van der Waals surface area contributed by atoms with Crippen molar-refractivity contribution in [3.63, 3.8) is 0 Å². The molecule has 0 saturated carbocycles. The molecule has 1 amide bonds. The van der Waals surface area contributed by atoms with Crippen molar-refractivity contribution in [1.82, 2.24) is 4.90 Å². The summed E-state index contributed by atoms with van der Waals surface area (Å²) in [7, 11) is 0. The Bertz CT molecular complexity index is 234. The van der Waals surface area contributed by atoms with Crippen molar-refractivity contribution in [1.29, 1.82) is 0 Å². The number of hydrogen-bond acceptors (Lipinski definition) is 2. The Kier molecular flexibility index (Phi) is 2.47. The standard InChI is InChI=1S/C8H11NO3/c1-2-3-6-4-9(8(6)12)5-7(10)11/h2-3,6H,4-5H2,1H3,(H,10,11). The second kappa shape index (κ2) is 3.38. The van der Waals surface area contributed by atoms with E-state index in [1.54, 1.807) is 12.2 Å². The molecule has 0 aromatic rings. The van der Waals surface area contributed by atoms with Crippen molar-refractivity contribution in [2.45, 2.75) is 6.92 Å². The molecule has 1 N–H and O–H groups in total. The first-order valence-electron chi connectivity index (χ1n) is 3.78. The Morgan fingerprint density at radius 1 is 1.83 bits per heavy atom. The van der Waals surface area contributed by atoms with Crippen LogP contribution in [0.1, 0.15) is 6.92 Å². The smallest absolute Gasteiger partial charge is 0.323 e. The predicted molar refractivity (Wildman–Crippen MR) is 42.5 cm³/mol. The highest BCUT2D eigenvalue weighted by atomic mass is 16.4. The van der Waals surface area contributed by atoms with Gasteiger partial charge in [0.05, 0.1) is 5.92 Å². The van der Waals surface area contributed by atoms with Gasteiger partial charge in [-0.05, 0) is 6.92 Å². The number of likely N-dealkylation sites (tertiary alicyclic amines) is 1. The maximum atomic E-state index is 11.1. The molecule has 0 spiro atoms. The van der Waals surface area contributed by atoms with Crippen LogP contribution in [0, 0.1) is 5.92 Å². The Balaban J connectivity index is 2.38. The minimum atomic E-state index is -0.956. The zero-order valence-electron chi connectivity index (χ0n) is 6.86. The molecule has 1 atom stereocenters. The van der Waals surface area contributed by atoms with Crippen LogP contribution in [0.3, 0.4) is 0 Å². The lowest BCUT2D eigenvalue weighted by Crippen LogP contribution is -2.53. The third-order valence-corrected chi connectivity index (χ3v) is 1.80. The minimum absolute atomic E-state index is 0.0875. The molecule has 66 valence electrons. The number of carbonyl (C=O) groups is 2. The third-order valence-electron chi connectivity index (χ3n) is 1.80. The normalized spacial score (nSPS) is 22.9. The number of carbonyl (C=O) groups excluding carboxylic acids is 1. The number of aliphatic carboxylic acids is 1. The van der Waals surface area contributed by atoms with Crippen molar-refractivity contribution in [3.8, 4) is 0 Å². The molecule has 1 fully saturated rings. The molecule has 0 aromatic carbocycles. The largest absolute Gasteiger partial charge is 0.480 e. The van der Waals surface area contributed by atoms with E-state index in [0.29, 0.717) is 6.54 Å². The summed E-state index contributed by atoms with van der Waals surface area (Å²) < 4.78 is 0. The second-order valence-corrected chi connectivity index (χ2v) is 2.74. The van der Waals surface area contributed by atoms with Gasteiger partial charge in [-0.15, -0.1) is 0 Å². The van der Waals surface area contributed by atoms with Crippen LogP contribution >= 0.6 is 0 Å². The van der Waals surface area contributed by atoms with Gasteiger partial charge in [0.15, 0.2) is 0 Å². The van der Waals surface area contributed by atoms with E-state index in [4.69, 9.17) is 5.11 Å². The molecule has 1 aliphatic heterocycles. The van der Waals surface area contributed by atoms with Gasteiger partial charge in [0.1, 0.15) is 6.54 Å². The number of β-lactam (4-membered cyclic amide) rings is 1. The molecule has 12 heavy (non-hydrogen) atoms. The fourth-order valence-electron chi connectivity index (χ4n) is 1.21. The highest BCUT2D eigenvalue weighted by Gasteiger charge is 2.35. The van der Waals surface area contributed by atoms with Crippen LogP contribution in [0.25, 0.3) is 0 Å². The Morgan fingerprint density at radius 3 is 2.92 bits per heavy atom. The Hall–Kier alpha value is -1.32. The van der Waals surface area contributed by atoms with Crippen molar-refractivity contribution in [2.75, 3.05) is 13.1 Å². The van der Waals surface area contributed by atoms with Crippen molar-refractivity contribution >= 4 is 11.9 Å². The number of carboxylic acids is 1. The molecule has 1 aliphatic rings. The van der Waals surface area contributed by atoms with Gasteiger partial charge >= 0.3 is 5.97 Å². The van der Waals surface area contributed by atoms with Crippen LogP contribution in [0.2, 0.25) is 0 Å². The monoisotopic (exact) mass is 169 g/mol. The van der Waals surface area contributed by atoms with Crippen LogP contribution in [0.4, 0.5) is 0 Å². The van der Waals surface area contributed by atoms with E-state index in [0.717, 1.165) is 0 Å². The number of nitrogens with zero attached hydrogens (tertiary/aromatic N) is 1. The van der Waals surface area contributed by atoms with Crippen LogP contribution in [0.5, 0.6) is 0 Å². The first-order chi connectivity index (χ1) is 5.65. The summed E-state index contributed by atoms with van der Waals surface area (Å²) in [6, 6.07) is 0. The number of hydrogen-bond donors (Lipinski definition) is 1. The van der Waals surface area contributed by atoms with Crippen LogP contribution in [0.15, 0.2) is 12.2 Å². The highest BCUT2D eigenvalue weighted by Crippen LogP contribution is 2.17. The molecular formula is C8H11NO3. The van der Waals surface area contributed by atoms with Crippen LogP contribution in [-0.4, -0.2) is 35.0 Å². The third kappa shape index (κ3) is 1.64. The van der Waals surface area contributed by atoms with Gasteiger partial charge in [-0.25, -0.2) is 0 Å². The average Bonchev–Trinajstić information content (AvgIpc) is 2.02. The van der Waals surface area contributed by atoms with E-state index in [9.17, 15) is 9.59 Å². The maximum Gasteiger partial charge on any atom is 0.323 e. The number of rotatable bonds is 3. The van der Waals surface area contributed by atoms with Gasteiger partial charge in [-0.3, -0.25) is 9.59 Å². The summed E-state index contributed by atoms with van der Waals surface area (Å²) in [6.45, 7) is 2.20. The van der Waals surface area contributed by atoms with Gasteiger partial charge in [-0.1, -0.05) is 12.2 Å². The van der Waals surface area contributed by atoms with Gasteiger partial charge in [0.2, 0.25) is 5.91 Å². The number of amides is 1. The molecule has 1 saturated heterocycles. The van der Waals surface area contributed by atoms with Crippen molar-refractivity contribution < 1.29 is 14.7 Å². The van der Waals surface area contributed by atoms with E-state index >= 15 is 0 Å². The van der Waals surface area contributed by atoms with Gasteiger partial charge < -0.3 is 10.0 Å². The zero-order valence-corrected chi connectivity index (χ0v) is 6.86. The summed E-state index contributed by atoms with van der Waals surface area (Å²) in [5.74, 6) is -1.13. The van der Waals surface area contributed by atoms with Gasteiger partial charge in [0.25, 0.3) is 0 Å². The molecule has 1 heterocycles. The summed E-state index contributed by atoms with van der Waals surface area (Å²) in [4.78, 5) is 22.6. The second-order valence-electron chi connectivity index (χ2n) is 2.74. The van der Waals surface area contributed by atoms with Crippen molar-refractivity contribution in [2.24, 2.45) is 5.92 Å². The van der Waals surface area contributed by atoms with E-state index in [2.05, 4.69) is 0 Å². The molecule has 0 aliphatic carbocycles. The Labute approximate surface area is 70.5 Å². The SMILES string of the molecule is CC=CC1CN(CC(=O)O)C1=O. The van der Waals surface area contributed by atoms with Gasteiger partial charge in [0, 0.05) is 6.54 Å². The molecule has 1 rings (SSSR count). The molecule has 0 bridgehead atoms. The quantitative estimate of drug-likeness (QED) is 0.481. The van der Waals surface area contributed by atoms with Crippen LogP contribution < -0.4 is 0 Å². The zero-order chi connectivity index (χ0) is 9.14. The predicted octanol–water partition coefficient (Wildman–Crippen LogP) is 0.106. The lowest BCUT2D eigenvalue weighted by Gasteiger charge is -2.35. The van der Waals surface area contributed by atoms with E-state index in [1.165, 1.54) is 4.90 Å².